The van der Waals surface area contributed by atoms with Crippen molar-refractivity contribution in [1.82, 2.24) is 0 Å². The number of unbranched alkanes of at least 4 members (excludes halogenated alkanes) is 5. The highest BCUT2D eigenvalue weighted by atomic mass is 16.6. The molecule has 1 saturated heterocycles. The van der Waals surface area contributed by atoms with Crippen LogP contribution in [0, 0.1) is 0 Å². The fraction of sp³-hybridized carbons (Fsp3) is 0.875. The van der Waals surface area contributed by atoms with Crippen molar-refractivity contribution in [2.75, 3.05) is 19.8 Å². The molecule has 4 atom stereocenters. The third-order valence-electron chi connectivity index (χ3n) is 3.74. The van der Waals surface area contributed by atoms with Crippen molar-refractivity contribution in [2.24, 2.45) is 0 Å². The fourth-order valence-electron chi connectivity index (χ4n) is 2.32. The van der Waals surface area contributed by atoms with Crippen molar-refractivity contribution in [3.63, 3.8) is 0 Å². The van der Waals surface area contributed by atoms with Gasteiger partial charge >= 0.3 is 0 Å². The predicted molar refractivity (Wildman–Crippen MR) is 81.1 cm³/mol. The molecule has 0 aromatic carbocycles. The SMILES string of the molecule is CCCCCCC/C=C/COC[C@@H]1OC[C@@H](O)[C@H](O)[C@H]1O. The third-order valence-corrected chi connectivity index (χ3v) is 3.74. The highest BCUT2D eigenvalue weighted by molar-refractivity contribution is 4.87. The van der Waals surface area contributed by atoms with Gasteiger partial charge in [0.2, 0.25) is 0 Å². The molecule has 1 heterocycles. The Labute approximate surface area is 127 Å². The summed E-state index contributed by atoms with van der Waals surface area (Å²) in [5.74, 6) is 0. The molecule has 0 amide bonds. The summed E-state index contributed by atoms with van der Waals surface area (Å²) in [6, 6.07) is 0. The average molecular weight is 302 g/mol. The van der Waals surface area contributed by atoms with E-state index in [0.29, 0.717) is 6.61 Å². The van der Waals surface area contributed by atoms with Gasteiger partial charge in [-0.25, -0.2) is 0 Å². The zero-order valence-corrected chi connectivity index (χ0v) is 13.0. The van der Waals surface area contributed by atoms with E-state index in [-0.39, 0.29) is 13.2 Å². The molecular formula is C16H30O5. The lowest BCUT2D eigenvalue weighted by atomic mass is 10.0. The van der Waals surface area contributed by atoms with E-state index in [1.165, 1.54) is 32.1 Å². The van der Waals surface area contributed by atoms with Gasteiger partial charge in [0.1, 0.15) is 24.4 Å². The van der Waals surface area contributed by atoms with Gasteiger partial charge in [-0.15, -0.1) is 0 Å². The lowest BCUT2D eigenvalue weighted by molar-refractivity contribution is -0.198. The lowest BCUT2D eigenvalue weighted by Crippen LogP contribution is -2.54. The Morgan fingerprint density at radius 2 is 1.81 bits per heavy atom. The molecule has 5 nitrogen and oxygen atoms in total. The molecule has 0 aromatic heterocycles. The number of hydrogen-bond donors (Lipinski definition) is 3. The minimum atomic E-state index is -1.16. The molecular weight excluding hydrogens is 272 g/mol. The quantitative estimate of drug-likeness (QED) is 0.420. The van der Waals surface area contributed by atoms with Crippen LogP contribution in [-0.2, 0) is 9.47 Å². The maximum atomic E-state index is 9.72. The highest BCUT2D eigenvalue weighted by Gasteiger charge is 2.37. The van der Waals surface area contributed by atoms with E-state index in [0.717, 1.165) is 6.42 Å². The molecule has 0 aromatic rings. The zero-order valence-electron chi connectivity index (χ0n) is 13.0. The Bertz CT molecular complexity index is 282. The molecule has 1 aliphatic rings. The normalized spacial score (nSPS) is 30.1. The van der Waals surface area contributed by atoms with Crippen LogP contribution in [0.2, 0.25) is 0 Å². The molecule has 1 aliphatic heterocycles. The first-order valence-electron chi connectivity index (χ1n) is 8.05. The Morgan fingerprint density at radius 1 is 1.05 bits per heavy atom. The molecule has 3 N–H and O–H groups in total. The standard InChI is InChI=1S/C16H30O5/c1-2-3-4-5-6-7-8-9-10-20-12-14-16(19)15(18)13(17)11-21-14/h8-9,13-19H,2-7,10-12H2,1H3/b9-8+/t13-,14+,15+,16+/m1/s1. The Kier molecular flexibility index (Phi) is 9.87. The summed E-state index contributed by atoms with van der Waals surface area (Å²) in [7, 11) is 0. The van der Waals surface area contributed by atoms with Crippen LogP contribution in [0.4, 0.5) is 0 Å². The summed E-state index contributed by atoms with van der Waals surface area (Å²) in [4.78, 5) is 0. The second kappa shape index (κ2) is 11.2. The summed E-state index contributed by atoms with van der Waals surface area (Å²) in [6.07, 6.45) is 7.68. The minimum Gasteiger partial charge on any atom is -0.388 e. The van der Waals surface area contributed by atoms with Crippen molar-refractivity contribution in [1.29, 1.82) is 0 Å². The first-order chi connectivity index (χ1) is 10.2. The molecule has 0 radical (unpaired) electrons. The van der Waals surface area contributed by atoms with Gasteiger partial charge in [-0.05, 0) is 12.8 Å². The van der Waals surface area contributed by atoms with E-state index in [4.69, 9.17) is 9.47 Å². The Hall–Kier alpha value is -0.460. The molecule has 5 heteroatoms. The van der Waals surface area contributed by atoms with Gasteiger partial charge in [0.15, 0.2) is 0 Å². The number of ether oxygens (including phenoxy) is 2. The Morgan fingerprint density at radius 3 is 2.57 bits per heavy atom. The van der Waals surface area contributed by atoms with Crippen LogP contribution in [-0.4, -0.2) is 59.6 Å². The zero-order chi connectivity index (χ0) is 15.5. The minimum absolute atomic E-state index is 0.0276. The van der Waals surface area contributed by atoms with Gasteiger partial charge in [-0.2, -0.15) is 0 Å². The van der Waals surface area contributed by atoms with Crippen molar-refractivity contribution in [2.45, 2.75) is 69.9 Å². The van der Waals surface area contributed by atoms with Crippen molar-refractivity contribution in [3.05, 3.63) is 12.2 Å². The maximum absolute atomic E-state index is 9.72. The van der Waals surface area contributed by atoms with Gasteiger partial charge in [0.25, 0.3) is 0 Å². The fourth-order valence-corrected chi connectivity index (χ4v) is 2.32. The summed E-state index contributed by atoms with van der Waals surface area (Å²) in [5, 5.41) is 28.6. The second-order valence-corrected chi connectivity index (χ2v) is 5.63. The molecule has 124 valence electrons. The van der Waals surface area contributed by atoms with E-state index in [1.54, 1.807) is 0 Å². The number of aliphatic hydroxyl groups is 3. The summed E-state index contributed by atoms with van der Waals surface area (Å²) < 4.78 is 10.7. The van der Waals surface area contributed by atoms with Gasteiger partial charge in [0.05, 0.1) is 19.8 Å². The van der Waals surface area contributed by atoms with Gasteiger partial charge < -0.3 is 24.8 Å². The van der Waals surface area contributed by atoms with Gasteiger partial charge in [-0.1, -0.05) is 44.8 Å². The first-order valence-corrected chi connectivity index (χ1v) is 8.05. The monoisotopic (exact) mass is 302 g/mol. The van der Waals surface area contributed by atoms with Crippen LogP contribution < -0.4 is 0 Å². The van der Waals surface area contributed by atoms with Crippen LogP contribution in [0.25, 0.3) is 0 Å². The summed E-state index contributed by atoms with van der Waals surface area (Å²) >= 11 is 0. The van der Waals surface area contributed by atoms with Crippen molar-refractivity contribution in [3.8, 4) is 0 Å². The van der Waals surface area contributed by atoms with Crippen molar-refractivity contribution < 1.29 is 24.8 Å². The molecule has 0 aliphatic carbocycles. The van der Waals surface area contributed by atoms with Crippen LogP contribution >= 0.6 is 0 Å². The van der Waals surface area contributed by atoms with E-state index in [2.05, 4.69) is 13.0 Å². The maximum Gasteiger partial charge on any atom is 0.111 e. The number of rotatable bonds is 10. The van der Waals surface area contributed by atoms with Crippen LogP contribution in [0.1, 0.15) is 45.4 Å². The smallest absolute Gasteiger partial charge is 0.111 e. The number of hydrogen-bond acceptors (Lipinski definition) is 5. The number of aliphatic hydroxyl groups excluding tert-OH is 3. The predicted octanol–water partition coefficient (Wildman–Crippen LogP) is 1.40. The molecule has 1 rings (SSSR count). The first kappa shape index (κ1) is 18.6. The lowest BCUT2D eigenvalue weighted by Gasteiger charge is -2.34. The molecule has 0 spiro atoms. The third kappa shape index (κ3) is 7.38. The summed E-state index contributed by atoms with van der Waals surface area (Å²) in [6.45, 7) is 2.93. The van der Waals surface area contributed by atoms with Crippen molar-refractivity contribution >= 4 is 0 Å². The van der Waals surface area contributed by atoms with E-state index in [9.17, 15) is 15.3 Å². The topological polar surface area (TPSA) is 79.2 Å². The van der Waals surface area contributed by atoms with E-state index in [1.807, 2.05) is 6.08 Å². The Balaban J connectivity index is 2.01. The van der Waals surface area contributed by atoms with Crippen LogP contribution in [0.3, 0.4) is 0 Å². The largest absolute Gasteiger partial charge is 0.388 e. The van der Waals surface area contributed by atoms with Crippen LogP contribution in [0.15, 0.2) is 12.2 Å². The summed E-state index contributed by atoms with van der Waals surface area (Å²) in [5.41, 5.74) is 0. The number of allylic oxidation sites excluding steroid dienone is 1. The molecule has 0 unspecified atom stereocenters. The van der Waals surface area contributed by atoms with E-state index >= 15 is 0 Å². The molecule has 21 heavy (non-hydrogen) atoms. The van der Waals surface area contributed by atoms with Gasteiger partial charge in [-0.3, -0.25) is 0 Å². The molecule has 0 bridgehead atoms. The van der Waals surface area contributed by atoms with E-state index < -0.39 is 24.4 Å². The molecule has 1 fully saturated rings. The second-order valence-electron chi connectivity index (χ2n) is 5.63. The van der Waals surface area contributed by atoms with Crippen LogP contribution in [0.5, 0.6) is 0 Å². The molecule has 0 saturated carbocycles. The highest BCUT2D eigenvalue weighted by Crippen LogP contribution is 2.15. The van der Waals surface area contributed by atoms with Gasteiger partial charge in [0, 0.05) is 0 Å². The average Bonchev–Trinajstić information content (AvgIpc) is 2.49.